The van der Waals surface area contributed by atoms with Crippen molar-refractivity contribution in [2.75, 3.05) is 17.2 Å². The molecule has 0 aliphatic carbocycles. The van der Waals surface area contributed by atoms with Gasteiger partial charge in [0.2, 0.25) is 5.91 Å². The van der Waals surface area contributed by atoms with Gasteiger partial charge in [-0.3, -0.25) is 9.59 Å². The number of H-pyrrole nitrogens is 1. The molecule has 1 N–H and O–H groups in total. The molecule has 2 aromatic rings. The van der Waals surface area contributed by atoms with Gasteiger partial charge >= 0.3 is 5.69 Å². The first-order chi connectivity index (χ1) is 11.4. The monoisotopic (exact) mass is 345 g/mol. The Morgan fingerprint density at radius 1 is 1.25 bits per heavy atom. The van der Waals surface area contributed by atoms with Gasteiger partial charge in [0.25, 0.3) is 0 Å². The van der Waals surface area contributed by atoms with Gasteiger partial charge in [-0.1, -0.05) is 30.0 Å². The van der Waals surface area contributed by atoms with E-state index in [1.165, 1.54) is 6.92 Å². The summed E-state index contributed by atoms with van der Waals surface area (Å²) in [5.74, 6) is -0.205. The summed E-state index contributed by atoms with van der Waals surface area (Å²) in [6, 6.07) is 9.35. The molecule has 7 heteroatoms. The van der Waals surface area contributed by atoms with Gasteiger partial charge < -0.3 is 9.88 Å². The maximum Gasteiger partial charge on any atom is 0.346 e. The summed E-state index contributed by atoms with van der Waals surface area (Å²) in [5.41, 5.74) is 1.11. The van der Waals surface area contributed by atoms with E-state index in [-0.39, 0.29) is 17.4 Å². The third-order valence-electron chi connectivity index (χ3n) is 3.46. The van der Waals surface area contributed by atoms with Crippen LogP contribution in [0.2, 0.25) is 0 Å². The van der Waals surface area contributed by atoms with Crippen LogP contribution in [0.4, 0.5) is 5.69 Å². The largest absolute Gasteiger partial charge is 0.346 e. The quantitative estimate of drug-likeness (QED) is 0.494. The number of hydrogen-bond donors (Lipinski definition) is 1. The summed E-state index contributed by atoms with van der Waals surface area (Å²) in [5, 5.41) is 0.293. The molecule has 1 heterocycles. The average molecular weight is 345 g/mol. The number of nitrogens with one attached hydrogen (secondary N) is 1. The molecule has 0 bridgehead atoms. The van der Waals surface area contributed by atoms with Gasteiger partial charge in [0.1, 0.15) is 5.03 Å². The summed E-state index contributed by atoms with van der Waals surface area (Å²) in [6.07, 6.45) is 0. The Morgan fingerprint density at radius 3 is 2.50 bits per heavy atom. The van der Waals surface area contributed by atoms with E-state index in [2.05, 4.69) is 9.97 Å². The number of ketones is 1. The molecule has 0 atom stereocenters. The highest BCUT2D eigenvalue weighted by Crippen LogP contribution is 2.23. The lowest BCUT2D eigenvalue weighted by Crippen LogP contribution is -2.32. The van der Waals surface area contributed by atoms with Crippen LogP contribution in [0.15, 0.2) is 40.2 Å². The van der Waals surface area contributed by atoms with E-state index in [4.69, 9.17) is 0 Å². The minimum Gasteiger partial charge on any atom is -0.312 e. The number of carbonyl (C=O) groups is 2. The highest BCUT2D eigenvalue weighted by molar-refractivity contribution is 8.00. The summed E-state index contributed by atoms with van der Waals surface area (Å²) in [4.78, 5) is 43.9. The van der Waals surface area contributed by atoms with E-state index in [0.717, 1.165) is 17.4 Å². The lowest BCUT2D eigenvalue weighted by molar-refractivity contribution is -0.116. The fourth-order valence-electron chi connectivity index (χ4n) is 2.40. The van der Waals surface area contributed by atoms with Crippen LogP contribution in [0.3, 0.4) is 0 Å². The van der Waals surface area contributed by atoms with Crippen LogP contribution in [0, 0.1) is 6.92 Å². The molecule has 0 aliphatic heterocycles. The molecular weight excluding hydrogens is 326 g/mol. The molecule has 6 nitrogen and oxygen atoms in total. The molecule has 24 heavy (non-hydrogen) atoms. The summed E-state index contributed by atoms with van der Waals surface area (Å²) < 4.78 is 0. The number of benzene rings is 1. The van der Waals surface area contributed by atoms with Crippen molar-refractivity contribution >= 4 is 29.1 Å². The van der Waals surface area contributed by atoms with Gasteiger partial charge in [0.05, 0.1) is 11.3 Å². The van der Waals surface area contributed by atoms with E-state index < -0.39 is 5.69 Å². The maximum absolute atomic E-state index is 12.5. The predicted molar refractivity (Wildman–Crippen MR) is 94.8 cm³/mol. The molecule has 1 amide bonds. The van der Waals surface area contributed by atoms with E-state index >= 15 is 0 Å². The van der Waals surface area contributed by atoms with Crippen LogP contribution in [0.5, 0.6) is 0 Å². The van der Waals surface area contributed by atoms with Crippen LogP contribution < -0.4 is 10.6 Å². The zero-order valence-corrected chi connectivity index (χ0v) is 14.6. The van der Waals surface area contributed by atoms with Crippen molar-refractivity contribution in [1.29, 1.82) is 0 Å². The summed E-state index contributed by atoms with van der Waals surface area (Å²) in [6.45, 7) is 5.49. The fourth-order valence-corrected chi connectivity index (χ4v) is 3.40. The van der Waals surface area contributed by atoms with E-state index in [1.54, 1.807) is 11.8 Å². The topological polar surface area (TPSA) is 83.1 Å². The number of thioether (sulfide) groups is 1. The second-order valence-corrected chi connectivity index (χ2v) is 6.13. The molecule has 126 valence electrons. The van der Waals surface area contributed by atoms with Gasteiger partial charge in [-0.25, -0.2) is 4.79 Å². The highest BCUT2D eigenvalue weighted by Gasteiger charge is 2.18. The molecule has 0 fully saturated rings. The molecule has 1 aromatic carbocycles. The van der Waals surface area contributed by atoms with E-state index in [9.17, 15) is 14.4 Å². The first kappa shape index (κ1) is 17.9. The summed E-state index contributed by atoms with van der Waals surface area (Å²) in [7, 11) is 0. The maximum atomic E-state index is 12.5. The van der Waals surface area contributed by atoms with Crippen LogP contribution in [-0.4, -0.2) is 34.0 Å². The third-order valence-corrected chi connectivity index (χ3v) is 4.42. The summed E-state index contributed by atoms with van der Waals surface area (Å²) >= 11 is 1.11. The first-order valence-corrected chi connectivity index (χ1v) is 8.52. The number of nitrogens with zero attached hydrogens (tertiary/aromatic N) is 2. The standard InChI is InChI=1S/C17H19N3O3S/c1-4-20(13-8-6-5-7-9-13)14(22)10-24-16-15(12(3)21)11(2)18-17(23)19-16/h5-9H,4,10H2,1-3H3,(H,18,19,23). The minimum absolute atomic E-state index is 0.0961. The number of aromatic nitrogens is 2. The Bertz CT molecular complexity index is 802. The Labute approximate surface area is 144 Å². The number of Topliss-reactive ketones (excluding diaryl/α,β-unsaturated/α-hetero) is 1. The predicted octanol–water partition coefficient (Wildman–Crippen LogP) is 2.43. The van der Waals surface area contributed by atoms with Gasteiger partial charge in [-0.05, 0) is 32.9 Å². The van der Waals surface area contributed by atoms with Crippen molar-refractivity contribution in [1.82, 2.24) is 9.97 Å². The molecular formula is C17H19N3O3S. The normalized spacial score (nSPS) is 10.5. The molecule has 0 radical (unpaired) electrons. The van der Waals surface area contributed by atoms with Gasteiger partial charge in [-0.2, -0.15) is 4.98 Å². The van der Waals surface area contributed by atoms with E-state index in [0.29, 0.717) is 22.8 Å². The van der Waals surface area contributed by atoms with Crippen LogP contribution in [-0.2, 0) is 4.79 Å². The minimum atomic E-state index is -0.525. The highest BCUT2D eigenvalue weighted by atomic mass is 32.2. The van der Waals surface area contributed by atoms with E-state index in [1.807, 2.05) is 37.3 Å². The molecule has 2 rings (SSSR count). The Balaban J connectivity index is 2.20. The number of rotatable bonds is 6. The average Bonchev–Trinajstić information content (AvgIpc) is 2.53. The zero-order valence-electron chi connectivity index (χ0n) is 13.8. The van der Waals surface area contributed by atoms with Crippen molar-refractivity contribution in [3.63, 3.8) is 0 Å². The molecule has 0 unspecified atom stereocenters. The molecule has 0 saturated carbocycles. The number of carbonyl (C=O) groups excluding carboxylic acids is 2. The Morgan fingerprint density at radius 2 is 1.92 bits per heavy atom. The van der Waals surface area contributed by atoms with Gasteiger partial charge in [0.15, 0.2) is 5.78 Å². The molecule has 0 saturated heterocycles. The van der Waals surface area contributed by atoms with Crippen LogP contribution in [0.1, 0.15) is 29.9 Å². The van der Waals surface area contributed by atoms with Crippen molar-refractivity contribution in [3.8, 4) is 0 Å². The van der Waals surface area contributed by atoms with Crippen molar-refractivity contribution in [2.24, 2.45) is 0 Å². The lowest BCUT2D eigenvalue weighted by atomic mass is 10.2. The first-order valence-electron chi connectivity index (χ1n) is 7.54. The molecule has 0 spiro atoms. The molecule has 0 aliphatic rings. The molecule has 1 aromatic heterocycles. The lowest BCUT2D eigenvalue weighted by Gasteiger charge is -2.20. The smallest absolute Gasteiger partial charge is 0.312 e. The second-order valence-electron chi connectivity index (χ2n) is 5.17. The van der Waals surface area contributed by atoms with Gasteiger partial charge in [0, 0.05) is 17.9 Å². The van der Waals surface area contributed by atoms with Crippen molar-refractivity contribution < 1.29 is 9.59 Å². The van der Waals surface area contributed by atoms with Crippen molar-refractivity contribution in [3.05, 3.63) is 52.1 Å². The van der Waals surface area contributed by atoms with Crippen LogP contribution >= 0.6 is 11.8 Å². The number of aryl methyl sites for hydroxylation is 1. The zero-order chi connectivity index (χ0) is 17.7. The van der Waals surface area contributed by atoms with Gasteiger partial charge in [-0.15, -0.1) is 0 Å². The number of anilines is 1. The Hall–Kier alpha value is -2.41. The fraction of sp³-hybridized carbons (Fsp3) is 0.294. The number of amides is 1. The number of hydrogen-bond acceptors (Lipinski definition) is 5. The Kier molecular flexibility index (Phi) is 5.92. The van der Waals surface area contributed by atoms with Crippen molar-refractivity contribution in [2.45, 2.75) is 25.8 Å². The number of aromatic amines is 1. The second kappa shape index (κ2) is 7.92. The third kappa shape index (κ3) is 4.11. The number of para-hydroxylation sites is 1. The SMILES string of the molecule is CCN(C(=O)CSc1nc(=O)[nH]c(C)c1C(C)=O)c1ccccc1. The van der Waals surface area contributed by atoms with Crippen LogP contribution in [0.25, 0.3) is 0 Å².